The number of anilines is 1. The van der Waals surface area contributed by atoms with Gasteiger partial charge in [0.1, 0.15) is 5.82 Å². The first-order valence-electron chi connectivity index (χ1n) is 9.03. The minimum Gasteiger partial charge on any atom is -0.493 e. The van der Waals surface area contributed by atoms with Gasteiger partial charge in [-0.3, -0.25) is 4.79 Å². The SMILES string of the molecule is COc1cc(NC(=O)C[C@@H](c2cccc(F)c2)n2cccc2)cc(OC)c1OC. The van der Waals surface area contributed by atoms with Crippen LogP contribution >= 0.6 is 0 Å². The van der Waals surface area contributed by atoms with Crippen LogP contribution in [0.3, 0.4) is 0 Å². The second-order valence-electron chi connectivity index (χ2n) is 6.37. The molecule has 7 heteroatoms. The molecule has 0 aliphatic heterocycles. The van der Waals surface area contributed by atoms with E-state index in [-0.39, 0.29) is 24.2 Å². The molecule has 0 spiro atoms. The van der Waals surface area contributed by atoms with E-state index in [0.717, 1.165) is 0 Å². The molecule has 29 heavy (non-hydrogen) atoms. The van der Waals surface area contributed by atoms with Crippen LogP contribution in [-0.4, -0.2) is 31.8 Å². The zero-order chi connectivity index (χ0) is 20.8. The Labute approximate surface area is 168 Å². The van der Waals surface area contributed by atoms with E-state index >= 15 is 0 Å². The molecule has 1 heterocycles. The average Bonchev–Trinajstić information content (AvgIpc) is 3.25. The van der Waals surface area contributed by atoms with E-state index in [9.17, 15) is 9.18 Å². The van der Waals surface area contributed by atoms with Crippen molar-refractivity contribution in [1.29, 1.82) is 0 Å². The zero-order valence-corrected chi connectivity index (χ0v) is 16.5. The fourth-order valence-corrected chi connectivity index (χ4v) is 3.21. The number of methoxy groups -OCH3 is 3. The standard InChI is InChI=1S/C22H23FN2O4/c1-27-19-12-17(13-20(28-2)22(19)29-3)24-21(26)14-18(25-9-4-5-10-25)15-7-6-8-16(23)11-15/h4-13,18H,14H2,1-3H3,(H,24,26)/t18-/m0/s1. The van der Waals surface area contributed by atoms with Crippen LogP contribution in [0.1, 0.15) is 18.0 Å². The van der Waals surface area contributed by atoms with Crippen LogP contribution in [0.4, 0.5) is 10.1 Å². The van der Waals surface area contributed by atoms with E-state index in [1.165, 1.54) is 33.5 Å². The minimum absolute atomic E-state index is 0.120. The van der Waals surface area contributed by atoms with Gasteiger partial charge in [0, 0.05) is 30.2 Å². The Bertz CT molecular complexity index is 948. The minimum atomic E-state index is -0.345. The van der Waals surface area contributed by atoms with Crippen molar-refractivity contribution in [2.75, 3.05) is 26.6 Å². The predicted molar refractivity (Wildman–Crippen MR) is 108 cm³/mol. The summed E-state index contributed by atoms with van der Waals surface area (Å²) in [6.45, 7) is 0. The third-order valence-electron chi connectivity index (χ3n) is 4.55. The number of hydrogen-bond donors (Lipinski definition) is 1. The number of rotatable bonds is 8. The van der Waals surface area contributed by atoms with Crippen LogP contribution in [0.25, 0.3) is 0 Å². The average molecular weight is 398 g/mol. The lowest BCUT2D eigenvalue weighted by atomic mass is 10.0. The summed E-state index contributed by atoms with van der Waals surface area (Å²) in [4.78, 5) is 12.8. The third-order valence-corrected chi connectivity index (χ3v) is 4.55. The Balaban J connectivity index is 1.84. The highest BCUT2D eigenvalue weighted by Gasteiger charge is 2.20. The number of aromatic nitrogens is 1. The van der Waals surface area contributed by atoms with Crippen molar-refractivity contribution in [2.45, 2.75) is 12.5 Å². The number of halogens is 1. The molecule has 0 bridgehead atoms. The van der Waals surface area contributed by atoms with Gasteiger partial charge in [-0.1, -0.05) is 12.1 Å². The highest BCUT2D eigenvalue weighted by molar-refractivity contribution is 5.92. The molecule has 0 saturated heterocycles. The molecule has 0 aliphatic carbocycles. The monoisotopic (exact) mass is 398 g/mol. The fourth-order valence-electron chi connectivity index (χ4n) is 3.21. The number of hydrogen-bond acceptors (Lipinski definition) is 4. The maximum absolute atomic E-state index is 13.7. The second kappa shape index (κ2) is 9.14. The molecule has 1 N–H and O–H groups in total. The number of amides is 1. The molecule has 0 fully saturated rings. The van der Waals surface area contributed by atoms with Crippen molar-refractivity contribution in [3.63, 3.8) is 0 Å². The van der Waals surface area contributed by atoms with Crippen molar-refractivity contribution in [3.8, 4) is 17.2 Å². The van der Waals surface area contributed by atoms with Crippen molar-refractivity contribution in [3.05, 3.63) is 72.3 Å². The Hall–Kier alpha value is -3.48. The summed E-state index contributed by atoms with van der Waals surface area (Å²) in [6, 6.07) is 13.0. The first-order chi connectivity index (χ1) is 14.0. The first kappa shape index (κ1) is 20.3. The lowest BCUT2D eigenvalue weighted by Crippen LogP contribution is -2.20. The summed E-state index contributed by atoms with van der Waals surface area (Å²) in [5.74, 6) is 0.744. The molecule has 2 aromatic carbocycles. The molecule has 3 aromatic rings. The quantitative estimate of drug-likeness (QED) is 0.616. The molecular formula is C22H23FN2O4. The van der Waals surface area contributed by atoms with Crippen molar-refractivity contribution in [2.24, 2.45) is 0 Å². The molecule has 1 aromatic heterocycles. The molecule has 3 rings (SSSR count). The highest BCUT2D eigenvalue weighted by Crippen LogP contribution is 2.40. The van der Waals surface area contributed by atoms with Crippen LogP contribution in [0.15, 0.2) is 60.9 Å². The maximum atomic E-state index is 13.7. The van der Waals surface area contributed by atoms with Crippen LogP contribution in [0, 0.1) is 5.82 Å². The van der Waals surface area contributed by atoms with Crippen molar-refractivity contribution in [1.82, 2.24) is 4.57 Å². The predicted octanol–water partition coefficient (Wildman–Crippen LogP) is 4.27. The van der Waals surface area contributed by atoms with Gasteiger partial charge in [0.25, 0.3) is 0 Å². The molecular weight excluding hydrogens is 375 g/mol. The Morgan fingerprint density at radius 3 is 2.21 bits per heavy atom. The van der Waals surface area contributed by atoms with Gasteiger partial charge in [-0.25, -0.2) is 4.39 Å². The molecule has 0 aliphatic rings. The van der Waals surface area contributed by atoms with Gasteiger partial charge in [0.15, 0.2) is 11.5 Å². The lowest BCUT2D eigenvalue weighted by Gasteiger charge is -2.20. The van der Waals surface area contributed by atoms with Gasteiger partial charge >= 0.3 is 0 Å². The second-order valence-corrected chi connectivity index (χ2v) is 6.37. The number of ether oxygens (including phenoxy) is 3. The van der Waals surface area contributed by atoms with Crippen molar-refractivity contribution >= 4 is 11.6 Å². The zero-order valence-electron chi connectivity index (χ0n) is 16.5. The number of nitrogens with zero attached hydrogens (tertiary/aromatic N) is 1. The van der Waals surface area contributed by atoms with Crippen LogP contribution in [0.5, 0.6) is 17.2 Å². The van der Waals surface area contributed by atoms with Gasteiger partial charge in [0.05, 0.1) is 33.8 Å². The molecule has 1 amide bonds. The maximum Gasteiger partial charge on any atom is 0.226 e. The summed E-state index contributed by atoms with van der Waals surface area (Å²) < 4.78 is 31.6. The molecule has 0 unspecified atom stereocenters. The smallest absolute Gasteiger partial charge is 0.226 e. The van der Waals surface area contributed by atoms with Gasteiger partial charge in [-0.15, -0.1) is 0 Å². The molecule has 0 radical (unpaired) electrons. The molecule has 0 saturated carbocycles. The summed E-state index contributed by atoms with van der Waals surface area (Å²) in [5.41, 5.74) is 1.22. The highest BCUT2D eigenvalue weighted by atomic mass is 19.1. The Morgan fingerprint density at radius 2 is 1.66 bits per heavy atom. The van der Waals surface area contributed by atoms with E-state index in [1.807, 2.05) is 29.1 Å². The number of benzene rings is 2. The number of carbonyl (C=O) groups excluding carboxylic acids is 1. The van der Waals surface area contributed by atoms with E-state index in [4.69, 9.17) is 14.2 Å². The van der Waals surface area contributed by atoms with E-state index in [1.54, 1.807) is 24.3 Å². The van der Waals surface area contributed by atoms with E-state index < -0.39 is 0 Å². The topological polar surface area (TPSA) is 61.7 Å². The summed E-state index contributed by atoms with van der Waals surface area (Å²) in [5, 5.41) is 2.86. The number of carbonyl (C=O) groups is 1. The Kier molecular flexibility index (Phi) is 6.39. The van der Waals surface area contributed by atoms with E-state index in [0.29, 0.717) is 28.5 Å². The third kappa shape index (κ3) is 4.68. The van der Waals surface area contributed by atoms with Crippen LogP contribution < -0.4 is 19.5 Å². The van der Waals surface area contributed by atoms with Crippen LogP contribution in [0.2, 0.25) is 0 Å². The molecule has 152 valence electrons. The summed E-state index contributed by atoms with van der Waals surface area (Å²) in [7, 11) is 4.53. The normalized spacial score (nSPS) is 11.6. The fraction of sp³-hybridized carbons (Fsp3) is 0.227. The van der Waals surface area contributed by atoms with E-state index in [2.05, 4.69) is 5.32 Å². The summed E-state index contributed by atoms with van der Waals surface area (Å²) >= 11 is 0. The van der Waals surface area contributed by atoms with Gasteiger partial charge in [-0.05, 0) is 29.8 Å². The number of nitrogens with one attached hydrogen (secondary N) is 1. The Morgan fingerprint density at radius 1 is 1.00 bits per heavy atom. The van der Waals surface area contributed by atoms with Crippen molar-refractivity contribution < 1.29 is 23.4 Å². The lowest BCUT2D eigenvalue weighted by molar-refractivity contribution is -0.116. The van der Waals surface area contributed by atoms with Gasteiger partial charge < -0.3 is 24.1 Å². The molecule has 1 atom stereocenters. The largest absolute Gasteiger partial charge is 0.493 e. The van der Waals surface area contributed by atoms with Crippen LogP contribution in [-0.2, 0) is 4.79 Å². The summed E-state index contributed by atoms with van der Waals surface area (Å²) in [6.07, 6.45) is 3.82. The van der Waals surface area contributed by atoms with Gasteiger partial charge in [-0.2, -0.15) is 0 Å². The first-order valence-corrected chi connectivity index (χ1v) is 9.03. The molecule has 6 nitrogen and oxygen atoms in total. The van der Waals surface area contributed by atoms with Gasteiger partial charge in [0.2, 0.25) is 11.7 Å².